The van der Waals surface area contributed by atoms with Gasteiger partial charge >= 0.3 is 5.97 Å². The Kier molecular flexibility index (Phi) is 3.35. The quantitative estimate of drug-likeness (QED) is 0.776. The molecule has 1 aromatic heterocycles. The summed E-state index contributed by atoms with van der Waals surface area (Å²) in [6, 6.07) is 5.92. The molecule has 2 aromatic rings. The minimum Gasteiger partial charge on any atom is -0.462 e. The molecular weight excluding hydrogens is 252 g/mol. The van der Waals surface area contributed by atoms with Gasteiger partial charge in [0.15, 0.2) is 0 Å². The van der Waals surface area contributed by atoms with Crippen molar-refractivity contribution in [3.05, 3.63) is 41.2 Å². The second-order valence-corrected chi connectivity index (χ2v) is 5.21. The van der Waals surface area contributed by atoms with Crippen molar-refractivity contribution in [3.8, 4) is 0 Å². The average molecular weight is 270 g/mol. The Hall–Kier alpha value is -2.03. The van der Waals surface area contributed by atoms with Gasteiger partial charge in [-0.25, -0.2) is 4.79 Å². The molecule has 1 aliphatic rings. The molecule has 1 fully saturated rings. The van der Waals surface area contributed by atoms with Crippen molar-refractivity contribution >= 4 is 23.0 Å². The van der Waals surface area contributed by atoms with E-state index in [2.05, 4.69) is 12.2 Å². The van der Waals surface area contributed by atoms with E-state index in [1.807, 2.05) is 18.2 Å². The molecule has 20 heavy (non-hydrogen) atoms. The number of carbonyl (C=O) groups is 1. The third kappa shape index (κ3) is 2.48. The first-order chi connectivity index (χ1) is 9.69. The van der Waals surface area contributed by atoms with Crippen LogP contribution in [0.2, 0.25) is 0 Å². The van der Waals surface area contributed by atoms with Gasteiger partial charge in [-0.05, 0) is 50.3 Å². The van der Waals surface area contributed by atoms with Gasteiger partial charge < -0.3 is 9.15 Å². The van der Waals surface area contributed by atoms with Crippen LogP contribution >= 0.6 is 0 Å². The fraction of sp³-hybridized carbons (Fsp3) is 0.353. The van der Waals surface area contributed by atoms with Gasteiger partial charge in [0.25, 0.3) is 0 Å². The monoisotopic (exact) mass is 270 g/mol. The zero-order valence-electron chi connectivity index (χ0n) is 11.8. The molecule has 0 aliphatic heterocycles. The van der Waals surface area contributed by atoms with Crippen molar-refractivity contribution in [3.63, 3.8) is 0 Å². The molecule has 0 atom stereocenters. The molecule has 0 amide bonds. The van der Waals surface area contributed by atoms with E-state index in [1.54, 1.807) is 13.8 Å². The lowest BCUT2D eigenvalue weighted by molar-refractivity contribution is 0.0526. The van der Waals surface area contributed by atoms with Crippen molar-refractivity contribution in [2.45, 2.75) is 26.7 Å². The molecule has 1 heterocycles. The summed E-state index contributed by atoms with van der Waals surface area (Å²) in [5, 5.41) is 0.832. The summed E-state index contributed by atoms with van der Waals surface area (Å²) in [6.07, 6.45) is 6.93. The molecule has 1 saturated carbocycles. The highest BCUT2D eigenvalue weighted by atomic mass is 16.5. The molecule has 0 unspecified atom stereocenters. The molecular formula is C17H18O3. The van der Waals surface area contributed by atoms with Crippen LogP contribution in [-0.4, -0.2) is 12.6 Å². The molecule has 0 N–H and O–H groups in total. The summed E-state index contributed by atoms with van der Waals surface area (Å²) in [5.74, 6) is 1.04. The summed E-state index contributed by atoms with van der Waals surface area (Å²) >= 11 is 0. The van der Waals surface area contributed by atoms with Crippen LogP contribution in [0.3, 0.4) is 0 Å². The molecule has 1 aromatic carbocycles. The van der Waals surface area contributed by atoms with Gasteiger partial charge in [-0.1, -0.05) is 18.2 Å². The van der Waals surface area contributed by atoms with Gasteiger partial charge in [0, 0.05) is 5.39 Å². The fourth-order valence-electron chi connectivity index (χ4n) is 2.33. The minimum atomic E-state index is -0.313. The minimum absolute atomic E-state index is 0.313. The highest BCUT2D eigenvalue weighted by molar-refractivity contribution is 6.05. The number of fused-ring (bicyclic) bond motifs is 1. The largest absolute Gasteiger partial charge is 0.462 e. The van der Waals surface area contributed by atoms with Gasteiger partial charge in [0.2, 0.25) is 0 Å². The summed E-state index contributed by atoms with van der Waals surface area (Å²) in [5.41, 5.74) is 2.37. The molecule has 1 aliphatic carbocycles. The predicted molar refractivity (Wildman–Crippen MR) is 78.7 cm³/mol. The van der Waals surface area contributed by atoms with E-state index in [9.17, 15) is 4.79 Å². The van der Waals surface area contributed by atoms with Crippen molar-refractivity contribution in [2.75, 3.05) is 6.61 Å². The molecule has 0 bridgehead atoms. The number of ether oxygens (including phenoxy) is 1. The average Bonchev–Trinajstić information content (AvgIpc) is 3.18. The first kappa shape index (κ1) is 13.0. The lowest BCUT2D eigenvalue weighted by atomic mass is 10.1. The number of carbonyl (C=O) groups excluding carboxylic acids is 1. The molecule has 0 saturated heterocycles. The number of hydrogen-bond donors (Lipinski definition) is 0. The number of benzene rings is 1. The number of aryl methyl sites for hydroxylation is 1. The fourth-order valence-corrected chi connectivity index (χ4v) is 2.33. The molecule has 3 nitrogen and oxygen atoms in total. The summed E-state index contributed by atoms with van der Waals surface area (Å²) < 4.78 is 10.7. The van der Waals surface area contributed by atoms with Crippen LogP contribution in [0.25, 0.3) is 17.0 Å². The van der Waals surface area contributed by atoms with Crippen molar-refractivity contribution in [1.82, 2.24) is 0 Å². The Morgan fingerprint density at radius 2 is 2.25 bits per heavy atom. The molecule has 3 heteroatoms. The first-order valence-corrected chi connectivity index (χ1v) is 7.07. The zero-order valence-corrected chi connectivity index (χ0v) is 11.8. The third-order valence-electron chi connectivity index (χ3n) is 3.55. The Morgan fingerprint density at radius 3 is 2.95 bits per heavy atom. The smallest absolute Gasteiger partial charge is 0.342 e. The van der Waals surface area contributed by atoms with Gasteiger partial charge in [-0.2, -0.15) is 0 Å². The van der Waals surface area contributed by atoms with Gasteiger partial charge in [-0.3, -0.25) is 0 Å². The first-order valence-electron chi connectivity index (χ1n) is 7.07. The van der Waals surface area contributed by atoms with Crippen LogP contribution in [0.1, 0.15) is 41.4 Å². The predicted octanol–water partition coefficient (Wildman–Crippen LogP) is 4.34. The zero-order chi connectivity index (χ0) is 14.1. The van der Waals surface area contributed by atoms with E-state index in [0.29, 0.717) is 17.9 Å². The summed E-state index contributed by atoms with van der Waals surface area (Å²) in [7, 11) is 0. The number of allylic oxidation sites excluding steroid dienone is 1. The molecule has 3 rings (SSSR count). The van der Waals surface area contributed by atoms with Crippen LogP contribution in [0, 0.1) is 12.8 Å². The van der Waals surface area contributed by atoms with Crippen molar-refractivity contribution in [1.29, 1.82) is 0 Å². The highest BCUT2D eigenvalue weighted by Crippen LogP contribution is 2.32. The molecule has 0 spiro atoms. The number of rotatable bonds is 4. The van der Waals surface area contributed by atoms with Crippen molar-refractivity contribution in [2.24, 2.45) is 5.92 Å². The van der Waals surface area contributed by atoms with Crippen LogP contribution in [0.15, 0.2) is 28.7 Å². The molecule has 0 radical (unpaired) electrons. The van der Waals surface area contributed by atoms with Crippen LogP contribution in [-0.2, 0) is 4.74 Å². The Balaban J connectivity index is 2.01. The van der Waals surface area contributed by atoms with Crippen molar-refractivity contribution < 1.29 is 13.9 Å². The van der Waals surface area contributed by atoms with Gasteiger partial charge in [-0.15, -0.1) is 0 Å². The van der Waals surface area contributed by atoms with Crippen LogP contribution < -0.4 is 0 Å². The highest BCUT2D eigenvalue weighted by Gasteiger charge is 2.20. The maximum Gasteiger partial charge on any atom is 0.342 e. The van der Waals surface area contributed by atoms with E-state index in [-0.39, 0.29) is 5.97 Å². The van der Waals surface area contributed by atoms with E-state index in [0.717, 1.165) is 22.5 Å². The third-order valence-corrected chi connectivity index (χ3v) is 3.55. The molecule has 104 valence electrons. The number of furan rings is 1. The Bertz CT molecular complexity index is 675. The SMILES string of the molecule is CCOC(=O)c1c(C)oc2ccc(/C=C/C3CC3)cc12. The number of esters is 1. The maximum absolute atomic E-state index is 12.0. The standard InChI is InChI=1S/C17H18O3/c1-3-19-17(18)16-11(2)20-15-9-8-13(10-14(15)16)7-6-12-4-5-12/h6-10,12H,3-5H2,1-2H3/b7-6+. The Labute approximate surface area is 118 Å². The Morgan fingerprint density at radius 1 is 1.45 bits per heavy atom. The number of hydrogen-bond acceptors (Lipinski definition) is 3. The van der Waals surface area contributed by atoms with E-state index >= 15 is 0 Å². The normalized spacial score (nSPS) is 15.1. The lowest BCUT2D eigenvalue weighted by Crippen LogP contribution is -2.05. The summed E-state index contributed by atoms with van der Waals surface area (Å²) in [6.45, 7) is 3.97. The van der Waals surface area contributed by atoms with Gasteiger partial charge in [0.1, 0.15) is 16.9 Å². The lowest BCUT2D eigenvalue weighted by Gasteiger charge is -2.00. The van der Waals surface area contributed by atoms with Gasteiger partial charge in [0.05, 0.1) is 6.61 Å². The summed E-state index contributed by atoms with van der Waals surface area (Å²) in [4.78, 5) is 12.0. The van der Waals surface area contributed by atoms with Crippen LogP contribution in [0.4, 0.5) is 0 Å². The second-order valence-electron chi connectivity index (χ2n) is 5.21. The van der Waals surface area contributed by atoms with E-state index in [1.165, 1.54) is 12.8 Å². The van der Waals surface area contributed by atoms with E-state index in [4.69, 9.17) is 9.15 Å². The van der Waals surface area contributed by atoms with Crippen LogP contribution in [0.5, 0.6) is 0 Å². The maximum atomic E-state index is 12.0. The second kappa shape index (κ2) is 5.16. The van der Waals surface area contributed by atoms with E-state index < -0.39 is 0 Å². The topological polar surface area (TPSA) is 39.4 Å².